The summed E-state index contributed by atoms with van der Waals surface area (Å²) in [6, 6.07) is 6.50. The molecule has 0 atom stereocenters. The fraction of sp³-hybridized carbons (Fsp3) is 0.611. The molecule has 0 aromatic carbocycles. The maximum absolute atomic E-state index is 12.2. The first kappa shape index (κ1) is 17.6. The Morgan fingerprint density at radius 1 is 1.35 bits per heavy atom. The fourth-order valence-electron chi connectivity index (χ4n) is 2.88. The van der Waals surface area contributed by atoms with E-state index >= 15 is 0 Å². The molecule has 0 bridgehead atoms. The minimum Gasteiger partial charge on any atom is -0.351 e. The predicted molar refractivity (Wildman–Crippen MR) is 89.8 cm³/mol. The van der Waals surface area contributed by atoms with Crippen molar-refractivity contribution in [1.29, 1.82) is 0 Å². The molecule has 1 aliphatic rings. The van der Waals surface area contributed by atoms with Crippen molar-refractivity contribution in [3.05, 3.63) is 30.1 Å². The molecule has 0 radical (unpaired) electrons. The number of pyridine rings is 1. The van der Waals surface area contributed by atoms with E-state index in [-0.39, 0.29) is 11.7 Å². The van der Waals surface area contributed by atoms with Crippen LogP contribution >= 0.6 is 0 Å². The van der Waals surface area contributed by atoms with Gasteiger partial charge in [0.25, 0.3) is 0 Å². The third-order valence-corrected chi connectivity index (χ3v) is 3.95. The third-order valence-electron chi connectivity index (χ3n) is 3.95. The summed E-state index contributed by atoms with van der Waals surface area (Å²) in [5.74, 6) is 0.0907. The molecule has 1 fully saturated rings. The van der Waals surface area contributed by atoms with Crippen LogP contribution in [-0.4, -0.2) is 39.7 Å². The van der Waals surface area contributed by atoms with Gasteiger partial charge in [0.2, 0.25) is 5.91 Å². The molecule has 2 rings (SSSR count). The van der Waals surface area contributed by atoms with Crippen molar-refractivity contribution in [3.63, 3.8) is 0 Å². The Morgan fingerprint density at radius 3 is 2.65 bits per heavy atom. The van der Waals surface area contributed by atoms with Crippen molar-refractivity contribution >= 4 is 11.7 Å². The molecule has 126 valence electrons. The Hall–Kier alpha value is -1.75. The van der Waals surface area contributed by atoms with Crippen LogP contribution in [0.25, 0.3) is 0 Å². The number of ketones is 1. The highest BCUT2D eigenvalue weighted by molar-refractivity contribution is 5.80. The lowest BCUT2D eigenvalue weighted by atomic mass is 9.98. The number of carbonyl (C=O) groups is 2. The van der Waals surface area contributed by atoms with Gasteiger partial charge in [0.15, 0.2) is 0 Å². The molecule has 1 aromatic rings. The van der Waals surface area contributed by atoms with Crippen LogP contribution in [-0.2, 0) is 16.1 Å². The maximum atomic E-state index is 12.2. The zero-order valence-electron chi connectivity index (χ0n) is 14.3. The van der Waals surface area contributed by atoms with Crippen LogP contribution in [0, 0.1) is 0 Å². The summed E-state index contributed by atoms with van der Waals surface area (Å²) in [5, 5.41) is 2.96. The first-order valence-electron chi connectivity index (χ1n) is 8.30. The standard InChI is InChI=1S/C18H27N3O2/c1-14(22)12-18(2,3)20-17(23)9-11-21(16-7-8-16)13-15-6-4-5-10-19-15/h4-6,10,16H,7-9,11-13H2,1-3H3,(H,20,23). The quantitative estimate of drug-likeness (QED) is 0.759. The van der Waals surface area contributed by atoms with Crippen molar-refractivity contribution in [2.45, 2.75) is 64.6 Å². The lowest BCUT2D eigenvalue weighted by molar-refractivity contribution is -0.124. The first-order chi connectivity index (χ1) is 10.9. The van der Waals surface area contributed by atoms with Gasteiger partial charge in [-0.1, -0.05) is 6.07 Å². The van der Waals surface area contributed by atoms with Crippen LogP contribution < -0.4 is 5.32 Å². The highest BCUT2D eigenvalue weighted by Gasteiger charge is 2.30. The molecule has 1 saturated carbocycles. The molecular weight excluding hydrogens is 290 g/mol. The average Bonchev–Trinajstić information content (AvgIpc) is 3.27. The molecule has 23 heavy (non-hydrogen) atoms. The summed E-state index contributed by atoms with van der Waals surface area (Å²) in [6.07, 6.45) is 5.01. The van der Waals surface area contributed by atoms with Gasteiger partial charge in [0.05, 0.1) is 5.69 Å². The van der Waals surface area contributed by atoms with Crippen LogP contribution in [0.2, 0.25) is 0 Å². The topological polar surface area (TPSA) is 62.3 Å². The Bertz CT molecular complexity index is 538. The largest absolute Gasteiger partial charge is 0.351 e. The lowest BCUT2D eigenvalue weighted by Crippen LogP contribution is -2.45. The van der Waals surface area contributed by atoms with Crippen molar-refractivity contribution in [2.24, 2.45) is 0 Å². The molecule has 0 aliphatic heterocycles. The van der Waals surface area contributed by atoms with Gasteiger partial charge < -0.3 is 5.32 Å². The fourth-order valence-corrected chi connectivity index (χ4v) is 2.88. The highest BCUT2D eigenvalue weighted by atomic mass is 16.2. The van der Waals surface area contributed by atoms with Crippen LogP contribution in [0.3, 0.4) is 0 Å². The first-order valence-corrected chi connectivity index (χ1v) is 8.30. The summed E-state index contributed by atoms with van der Waals surface area (Å²) < 4.78 is 0. The Kier molecular flexibility index (Phi) is 5.88. The minimum absolute atomic E-state index is 0.00270. The number of rotatable bonds is 9. The molecule has 1 aromatic heterocycles. The SMILES string of the molecule is CC(=O)CC(C)(C)NC(=O)CCN(Cc1ccccn1)C1CC1. The molecular formula is C18H27N3O2. The number of nitrogens with zero attached hydrogens (tertiary/aromatic N) is 2. The molecule has 5 nitrogen and oxygen atoms in total. The van der Waals surface area contributed by atoms with E-state index in [2.05, 4.69) is 15.2 Å². The zero-order chi connectivity index (χ0) is 16.9. The van der Waals surface area contributed by atoms with Gasteiger partial charge in [0.1, 0.15) is 5.78 Å². The number of aromatic nitrogens is 1. The van der Waals surface area contributed by atoms with Crippen molar-refractivity contribution in [2.75, 3.05) is 6.54 Å². The average molecular weight is 317 g/mol. The van der Waals surface area contributed by atoms with Gasteiger partial charge in [-0.3, -0.25) is 19.5 Å². The van der Waals surface area contributed by atoms with E-state index in [0.29, 0.717) is 18.9 Å². The van der Waals surface area contributed by atoms with Crippen LogP contribution in [0.1, 0.15) is 52.1 Å². The number of Topliss-reactive ketones (excluding diaryl/α,β-unsaturated/α-hetero) is 1. The van der Waals surface area contributed by atoms with Gasteiger partial charge in [-0.15, -0.1) is 0 Å². The second-order valence-electron chi connectivity index (χ2n) is 7.08. The van der Waals surface area contributed by atoms with Crippen LogP contribution in [0.5, 0.6) is 0 Å². The van der Waals surface area contributed by atoms with Gasteiger partial charge >= 0.3 is 0 Å². The maximum Gasteiger partial charge on any atom is 0.221 e. The Balaban J connectivity index is 1.82. The predicted octanol–water partition coefficient (Wildman–Crippen LogP) is 2.31. The van der Waals surface area contributed by atoms with E-state index in [4.69, 9.17) is 0 Å². The molecule has 1 aliphatic carbocycles. The van der Waals surface area contributed by atoms with Crippen LogP contribution in [0.4, 0.5) is 0 Å². The summed E-state index contributed by atoms with van der Waals surface area (Å²) in [6.45, 7) is 6.84. The van der Waals surface area contributed by atoms with E-state index in [0.717, 1.165) is 18.8 Å². The molecule has 5 heteroatoms. The van der Waals surface area contributed by atoms with E-state index in [1.54, 1.807) is 13.1 Å². The van der Waals surface area contributed by atoms with E-state index in [9.17, 15) is 9.59 Å². The third kappa shape index (κ3) is 6.48. The van der Waals surface area contributed by atoms with Crippen molar-refractivity contribution < 1.29 is 9.59 Å². The van der Waals surface area contributed by atoms with E-state index in [1.165, 1.54) is 12.8 Å². The summed E-state index contributed by atoms with van der Waals surface area (Å²) >= 11 is 0. The normalized spacial score (nSPS) is 14.8. The van der Waals surface area contributed by atoms with Gasteiger partial charge in [-0.25, -0.2) is 0 Å². The second kappa shape index (κ2) is 7.68. The molecule has 0 spiro atoms. The van der Waals surface area contributed by atoms with Gasteiger partial charge in [0, 0.05) is 43.7 Å². The summed E-state index contributed by atoms with van der Waals surface area (Å²) in [5.41, 5.74) is 0.561. The highest BCUT2D eigenvalue weighted by Crippen LogP contribution is 2.28. The van der Waals surface area contributed by atoms with E-state index in [1.807, 2.05) is 32.0 Å². The molecule has 1 amide bonds. The summed E-state index contributed by atoms with van der Waals surface area (Å²) in [4.78, 5) is 30.1. The minimum atomic E-state index is -0.478. The van der Waals surface area contributed by atoms with E-state index < -0.39 is 5.54 Å². The molecule has 1 heterocycles. The lowest BCUT2D eigenvalue weighted by Gasteiger charge is -2.26. The second-order valence-corrected chi connectivity index (χ2v) is 7.08. The Labute approximate surface area is 138 Å². The monoisotopic (exact) mass is 317 g/mol. The van der Waals surface area contributed by atoms with Crippen LogP contribution in [0.15, 0.2) is 24.4 Å². The molecule has 0 saturated heterocycles. The van der Waals surface area contributed by atoms with Gasteiger partial charge in [-0.05, 0) is 45.7 Å². The number of hydrogen-bond acceptors (Lipinski definition) is 4. The zero-order valence-corrected chi connectivity index (χ0v) is 14.3. The molecule has 1 N–H and O–H groups in total. The Morgan fingerprint density at radius 2 is 2.09 bits per heavy atom. The van der Waals surface area contributed by atoms with Crippen molar-refractivity contribution in [3.8, 4) is 0 Å². The van der Waals surface area contributed by atoms with Gasteiger partial charge in [-0.2, -0.15) is 0 Å². The number of hydrogen-bond donors (Lipinski definition) is 1. The number of nitrogens with one attached hydrogen (secondary N) is 1. The van der Waals surface area contributed by atoms with Crippen molar-refractivity contribution in [1.82, 2.24) is 15.2 Å². The molecule has 0 unspecified atom stereocenters. The smallest absolute Gasteiger partial charge is 0.221 e. The number of carbonyl (C=O) groups excluding carboxylic acids is 2. The summed E-state index contributed by atoms with van der Waals surface area (Å²) in [7, 11) is 0. The number of amides is 1.